The first-order valence-electron chi connectivity index (χ1n) is 8.56. The van der Waals surface area contributed by atoms with Crippen LogP contribution < -0.4 is 5.56 Å². The minimum atomic E-state index is -0.167. The van der Waals surface area contributed by atoms with Gasteiger partial charge in [-0.15, -0.1) is 11.3 Å². The number of aryl methyl sites for hydroxylation is 2. The first-order valence-corrected chi connectivity index (χ1v) is 9.38. The van der Waals surface area contributed by atoms with E-state index >= 15 is 0 Å². The highest BCUT2D eigenvalue weighted by molar-refractivity contribution is 7.19. The van der Waals surface area contributed by atoms with Gasteiger partial charge >= 0.3 is 0 Å². The highest BCUT2D eigenvalue weighted by Crippen LogP contribution is 2.30. The number of benzene rings is 2. The van der Waals surface area contributed by atoms with E-state index in [-0.39, 0.29) is 11.6 Å². The fourth-order valence-electron chi connectivity index (χ4n) is 3.08. The molecule has 2 aromatic carbocycles. The van der Waals surface area contributed by atoms with Crippen LogP contribution >= 0.6 is 11.3 Å². The van der Waals surface area contributed by atoms with Crippen LogP contribution in [0.3, 0.4) is 0 Å². The molecule has 1 unspecified atom stereocenters. The number of fused-ring (bicyclic) bond motifs is 1. The van der Waals surface area contributed by atoms with E-state index < -0.39 is 0 Å². The third-order valence-electron chi connectivity index (χ3n) is 4.54. The lowest BCUT2D eigenvalue weighted by atomic mass is 10.1. The van der Waals surface area contributed by atoms with Gasteiger partial charge in [0.05, 0.1) is 15.7 Å². The predicted octanol–water partition coefficient (Wildman–Crippen LogP) is 4.75. The van der Waals surface area contributed by atoms with Gasteiger partial charge in [-0.05, 0) is 26.3 Å². The highest BCUT2D eigenvalue weighted by atomic mass is 32.1. The summed E-state index contributed by atoms with van der Waals surface area (Å²) < 4.78 is 2.42. The summed E-state index contributed by atoms with van der Waals surface area (Å²) in [5.41, 5.74) is 4.41. The maximum absolute atomic E-state index is 13.0. The Morgan fingerprint density at radius 3 is 2.38 bits per heavy atom. The van der Waals surface area contributed by atoms with Gasteiger partial charge < -0.3 is 0 Å². The molecule has 0 radical (unpaired) electrons. The maximum Gasteiger partial charge on any atom is 0.294 e. The Morgan fingerprint density at radius 1 is 1.00 bits per heavy atom. The average molecular weight is 361 g/mol. The lowest BCUT2D eigenvalue weighted by molar-refractivity contribution is 0.539. The molecule has 4 nitrogen and oxygen atoms in total. The van der Waals surface area contributed by atoms with Crippen molar-refractivity contribution in [3.8, 4) is 11.3 Å². The van der Waals surface area contributed by atoms with Crippen molar-refractivity contribution in [1.29, 1.82) is 0 Å². The van der Waals surface area contributed by atoms with Crippen molar-refractivity contribution in [1.82, 2.24) is 14.8 Å². The first-order chi connectivity index (χ1) is 12.5. The van der Waals surface area contributed by atoms with Gasteiger partial charge in [-0.25, -0.2) is 9.67 Å². The summed E-state index contributed by atoms with van der Waals surface area (Å²) in [6.07, 6.45) is 0. The largest absolute Gasteiger partial charge is 0.294 e. The van der Waals surface area contributed by atoms with E-state index in [4.69, 9.17) is 5.10 Å². The molecular formula is C21H19N3OS. The van der Waals surface area contributed by atoms with E-state index in [0.717, 1.165) is 26.5 Å². The van der Waals surface area contributed by atoms with Crippen molar-refractivity contribution in [2.75, 3.05) is 0 Å². The first kappa shape index (κ1) is 16.7. The van der Waals surface area contributed by atoms with E-state index in [9.17, 15) is 4.79 Å². The molecule has 2 aromatic heterocycles. The Labute approximate surface area is 155 Å². The molecule has 0 spiro atoms. The van der Waals surface area contributed by atoms with Crippen LogP contribution in [0.1, 0.15) is 29.1 Å². The minimum Gasteiger partial charge on any atom is -0.265 e. The van der Waals surface area contributed by atoms with E-state index in [1.165, 1.54) is 16.9 Å². The molecule has 4 rings (SSSR count). The van der Waals surface area contributed by atoms with E-state index in [1.807, 2.05) is 56.3 Å². The van der Waals surface area contributed by atoms with Crippen molar-refractivity contribution < 1.29 is 0 Å². The fourth-order valence-corrected chi connectivity index (χ4v) is 3.99. The summed E-state index contributed by atoms with van der Waals surface area (Å²) in [5.74, 6) is 0. The number of nitrogens with zero attached hydrogens (tertiary/aromatic N) is 3. The quantitative estimate of drug-likeness (QED) is 0.529. The third kappa shape index (κ3) is 2.84. The summed E-state index contributed by atoms with van der Waals surface area (Å²) in [5, 5.41) is 5.64. The Hall–Kier alpha value is -2.79. The second kappa shape index (κ2) is 6.50. The molecule has 5 heteroatoms. The smallest absolute Gasteiger partial charge is 0.265 e. The van der Waals surface area contributed by atoms with Gasteiger partial charge in [-0.3, -0.25) is 4.79 Å². The van der Waals surface area contributed by atoms with Crippen LogP contribution in [0.2, 0.25) is 0 Å². The van der Waals surface area contributed by atoms with Crippen LogP contribution in [0.4, 0.5) is 0 Å². The van der Waals surface area contributed by atoms with Crippen LogP contribution in [-0.4, -0.2) is 14.8 Å². The molecule has 0 N–H and O–H groups in total. The lowest BCUT2D eigenvalue weighted by Gasteiger charge is -2.16. The Balaban J connectivity index is 1.98. The maximum atomic E-state index is 13.0. The molecule has 0 saturated carbocycles. The monoisotopic (exact) mass is 361 g/mol. The Morgan fingerprint density at radius 2 is 1.69 bits per heavy atom. The molecule has 0 bridgehead atoms. The topological polar surface area (TPSA) is 47.8 Å². The van der Waals surface area contributed by atoms with Crippen LogP contribution in [0, 0.1) is 13.8 Å². The number of thiazole rings is 1. The van der Waals surface area contributed by atoms with Gasteiger partial charge in [0.25, 0.3) is 5.56 Å². The highest BCUT2D eigenvalue weighted by Gasteiger charge is 2.19. The van der Waals surface area contributed by atoms with Crippen LogP contribution in [0.15, 0.2) is 59.4 Å². The summed E-state index contributed by atoms with van der Waals surface area (Å²) in [7, 11) is 0. The zero-order valence-electron chi connectivity index (χ0n) is 14.9. The zero-order chi connectivity index (χ0) is 18.3. The summed E-state index contributed by atoms with van der Waals surface area (Å²) in [4.78, 5) is 17.5. The molecule has 0 aliphatic heterocycles. The van der Waals surface area contributed by atoms with E-state index in [1.54, 1.807) is 4.68 Å². The Kier molecular flexibility index (Phi) is 4.17. The second-order valence-electron chi connectivity index (χ2n) is 6.46. The Bertz CT molecular complexity index is 1130. The zero-order valence-corrected chi connectivity index (χ0v) is 15.7. The van der Waals surface area contributed by atoms with Crippen LogP contribution in [0.25, 0.3) is 21.5 Å². The molecule has 1 atom stereocenters. The van der Waals surface area contributed by atoms with Gasteiger partial charge in [0.1, 0.15) is 5.69 Å². The van der Waals surface area contributed by atoms with Gasteiger partial charge in [0.2, 0.25) is 0 Å². The fraction of sp³-hybridized carbons (Fsp3) is 0.190. The van der Waals surface area contributed by atoms with E-state index in [0.29, 0.717) is 5.52 Å². The number of hydrogen-bond donors (Lipinski definition) is 0. The summed E-state index contributed by atoms with van der Waals surface area (Å²) in [6, 6.07) is 18.0. The SMILES string of the molecule is Cc1ccc(-c2nn(C(C)c3ccccc3)c(=O)c3nc(C)sc23)cc1. The molecule has 2 heterocycles. The van der Waals surface area contributed by atoms with Crippen LogP contribution in [0.5, 0.6) is 0 Å². The van der Waals surface area contributed by atoms with Crippen molar-refractivity contribution >= 4 is 21.6 Å². The molecule has 26 heavy (non-hydrogen) atoms. The molecular weight excluding hydrogens is 342 g/mol. The van der Waals surface area contributed by atoms with Crippen LogP contribution in [-0.2, 0) is 0 Å². The normalized spacial score (nSPS) is 12.4. The third-order valence-corrected chi connectivity index (χ3v) is 5.52. The van der Waals surface area contributed by atoms with E-state index in [2.05, 4.69) is 24.0 Å². The van der Waals surface area contributed by atoms with Crippen molar-refractivity contribution in [3.05, 3.63) is 81.1 Å². The summed E-state index contributed by atoms with van der Waals surface area (Å²) in [6.45, 7) is 5.98. The number of aromatic nitrogens is 3. The molecule has 0 fully saturated rings. The molecule has 0 saturated heterocycles. The molecule has 130 valence electrons. The van der Waals surface area contributed by atoms with Crippen molar-refractivity contribution in [3.63, 3.8) is 0 Å². The molecule has 0 aliphatic carbocycles. The molecule has 0 aliphatic rings. The lowest BCUT2D eigenvalue weighted by Crippen LogP contribution is -2.27. The number of hydrogen-bond acceptors (Lipinski definition) is 4. The van der Waals surface area contributed by atoms with Gasteiger partial charge in [-0.2, -0.15) is 5.10 Å². The van der Waals surface area contributed by atoms with Gasteiger partial charge in [-0.1, -0.05) is 60.2 Å². The minimum absolute atomic E-state index is 0.142. The molecule has 0 amide bonds. The average Bonchev–Trinajstić information content (AvgIpc) is 3.05. The predicted molar refractivity (Wildman–Crippen MR) is 107 cm³/mol. The van der Waals surface area contributed by atoms with Gasteiger partial charge in [0, 0.05) is 5.56 Å². The molecule has 4 aromatic rings. The van der Waals surface area contributed by atoms with Gasteiger partial charge in [0.15, 0.2) is 5.52 Å². The second-order valence-corrected chi connectivity index (χ2v) is 7.66. The standard InChI is InChI=1S/C21H19N3OS/c1-13-9-11-17(12-10-13)18-20-19(22-15(3)26-20)21(25)24(23-18)14(2)16-7-5-4-6-8-16/h4-12,14H,1-3H3. The van der Waals surface area contributed by atoms with Crippen molar-refractivity contribution in [2.24, 2.45) is 0 Å². The number of rotatable bonds is 3. The van der Waals surface area contributed by atoms with Crippen molar-refractivity contribution in [2.45, 2.75) is 26.8 Å². The summed E-state index contributed by atoms with van der Waals surface area (Å²) >= 11 is 1.52.